The van der Waals surface area contributed by atoms with Crippen LogP contribution >= 0.6 is 0 Å². The predicted octanol–water partition coefficient (Wildman–Crippen LogP) is 0.208. The molecule has 0 aliphatic carbocycles. The van der Waals surface area contributed by atoms with Crippen LogP contribution < -0.4 is 5.43 Å². The molecule has 0 aromatic carbocycles. The third-order valence-corrected chi connectivity index (χ3v) is 2.39. The molecule has 2 N–H and O–H groups in total. The maximum atomic E-state index is 11.2. The highest BCUT2D eigenvalue weighted by Crippen LogP contribution is 2.10. The number of aliphatic hydroxyl groups is 2. The molecule has 4 nitrogen and oxygen atoms in total. The fourth-order valence-electron chi connectivity index (χ4n) is 1.53. The molecule has 1 aromatic heterocycles. The minimum absolute atomic E-state index is 0.0371. The number of hydrogen-bond acceptors (Lipinski definition) is 3. The zero-order valence-electron chi connectivity index (χ0n) is 9.32. The van der Waals surface area contributed by atoms with E-state index in [-0.39, 0.29) is 18.6 Å². The molecule has 1 aromatic rings. The number of hydrogen-bond donors (Lipinski definition) is 2. The Labute approximate surface area is 88.8 Å². The molecule has 4 heteroatoms. The van der Waals surface area contributed by atoms with E-state index in [2.05, 4.69) is 0 Å². The summed E-state index contributed by atoms with van der Waals surface area (Å²) in [6.45, 7) is 5.15. The van der Waals surface area contributed by atoms with Gasteiger partial charge >= 0.3 is 0 Å². The summed E-state index contributed by atoms with van der Waals surface area (Å²) in [6, 6.07) is 3.03. The Hall–Kier alpha value is -1.13. The molecule has 0 bridgehead atoms. The lowest BCUT2D eigenvalue weighted by Crippen LogP contribution is -2.36. The fourth-order valence-corrected chi connectivity index (χ4v) is 1.53. The molecule has 1 heterocycles. The van der Waals surface area contributed by atoms with E-state index < -0.39 is 5.60 Å². The van der Waals surface area contributed by atoms with E-state index in [1.54, 1.807) is 6.92 Å². The first-order valence-electron chi connectivity index (χ1n) is 4.87. The number of pyridine rings is 1. The molecule has 0 saturated carbocycles. The quantitative estimate of drug-likeness (QED) is 0.751. The van der Waals surface area contributed by atoms with Crippen molar-refractivity contribution >= 4 is 0 Å². The summed E-state index contributed by atoms with van der Waals surface area (Å²) in [7, 11) is 0. The zero-order chi connectivity index (χ0) is 11.6. The van der Waals surface area contributed by atoms with E-state index in [0.717, 1.165) is 11.4 Å². The van der Waals surface area contributed by atoms with Gasteiger partial charge in [-0.05, 0) is 20.8 Å². The van der Waals surface area contributed by atoms with E-state index in [1.807, 2.05) is 18.4 Å². The van der Waals surface area contributed by atoms with Crippen molar-refractivity contribution in [2.24, 2.45) is 0 Å². The van der Waals surface area contributed by atoms with E-state index in [0.29, 0.717) is 0 Å². The third-order valence-electron chi connectivity index (χ3n) is 2.39. The van der Waals surface area contributed by atoms with E-state index in [4.69, 9.17) is 5.11 Å². The molecule has 84 valence electrons. The van der Waals surface area contributed by atoms with Gasteiger partial charge in [-0.1, -0.05) is 0 Å². The van der Waals surface area contributed by atoms with Gasteiger partial charge in [0.05, 0.1) is 13.2 Å². The maximum absolute atomic E-state index is 11.2. The molecule has 0 radical (unpaired) electrons. The number of aromatic nitrogens is 1. The van der Waals surface area contributed by atoms with Crippen LogP contribution in [0.5, 0.6) is 0 Å². The van der Waals surface area contributed by atoms with Gasteiger partial charge in [-0.25, -0.2) is 0 Å². The smallest absolute Gasteiger partial charge is 0.182 e. The second-order valence-electron chi connectivity index (χ2n) is 4.22. The Morgan fingerprint density at radius 3 is 2.20 bits per heavy atom. The number of aryl methyl sites for hydroxylation is 2. The Kier molecular flexibility index (Phi) is 3.31. The van der Waals surface area contributed by atoms with Crippen LogP contribution in [0, 0.1) is 13.8 Å². The summed E-state index contributed by atoms with van der Waals surface area (Å²) in [6.07, 6.45) is 0. The number of nitrogens with zero attached hydrogens (tertiary/aromatic N) is 1. The van der Waals surface area contributed by atoms with Crippen molar-refractivity contribution in [1.29, 1.82) is 0 Å². The first-order chi connectivity index (χ1) is 6.85. The summed E-state index contributed by atoms with van der Waals surface area (Å²) in [5.74, 6) is 0. The average molecular weight is 211 g/mol. The summed E-state index contributed by atoms with van der Waals surface area (Å²) >= 11 is 0. The molecule has 0 spiro atoms. The van der Waals surface area contributed by atoms with Crippen molar-refractivity contribution in [2.45, 2.75) is 32.9 Å². The first-order valence-corrected chi connectivity index (χ1v) is 4.87. The van der Waals surface area contributed by atoms with Gasteiger partial charge in [0, 0.05) is 23.5 Å². The SMILES string of the molecule is Cc1cc(=O)cc(C)n1CC(C)(O)CO. The molecule has 1 atom stereocenters. The van der Waals surface area contributed by atoms with Crippen molar-refractivity contribution in [3.05, 3.63) is 33.7 Å². The minimum atomic E-state index is -1.16. The third kappa shape index (κ3) is 2.91. The average Bonchev–Trinajstić information content (AvgIpc) is 2.11. The topological polar surface area (TPSA) is 62.5 Å². The van der Waals surface area contributed by atoms with Crippen molar-refractivity contribution in [3.63, 3.8) is 0 Å². The first kappa shape index (κ1) is 11.9. The molecule has 15 heavy (non-hydrogen) atoms. The molecule has 0 fully saturated rings. The van der Waals surface area contributed by atoms with Crippen molar-refractivity contribution in [3.8, 4) is 0 Å². The molecule has 0 aliphatic heterocycles. The van der Waals surface area contributed by atoms with Crippen molar-refractivity contribution < 1.29 is 10.2 Å². The lowest BCUT2D eigenvalue weighted by molar-refractivity contribution is -0.0129. The summed E-state index contributed by atoms with van der Waals surface area (Å²) in [5, 5.41) is 18.7. The predicted molar refractivity (Wildman–Crippen MR) is 57.9 cm³/mol. The van der Waals surface area contributed by atoms with Gasteiger partial charge < -0.3 is 14.8 Å². The molecule has 0 amide bonds. The van der Waals surface area contributed by atoms with Crippen molar-refractivity contribution in [1.82, 2.24) is 4.57 Å². The molecular formula is C11H17NO3. The number of aliphatic hydroxyl groups excluding tert-OH is 1. The lowest BCUT2D eigenvalue weighted by atomic mass is 10.1. The van der Waals surface area contributed by atoms with Gasteiger partial charge in [0.25, 0.3) is 0 Å². The Balaban J connectivity index is 3.11. The Morgan fingerprint density at radius 2 is 1.80 bits per heavy atom. The van der Waals surface area contributed by atoms with Gasteiger partial charge in [-0.2, -0.15) is 0 Å². The standard InChI is InChI=1S/C11H17NO3/c1-8-4-10(14)5-9(2)12(8)6-11(3,15)7-13/h4-5,13,15H,6-7H2,1-3H3. The second kappa shape index (κ2) is 4.16. The largest absolute Gasteiger partial charge is 0.393 e. The van der Waals surface area contributed by atoms with Crippen LogP contribution in [0.2, 0.25) is 0 Å². The Bertz CT molecular complexity index is 381. The van der Waals surface area contributed by atoms with Crippen LogP contribution in [0.4, 0.5) is 0 Å². The van der Waals surface area contributed by atoms with Gasteiger partial charge in [0.2, 0.25) is 0 Å². The lowest BCUT2D eigenvalue weighted by Gasteiger charge is -2.25. The van der Waals surface area contributed by atoms with E-state index in [1.165, 1.54) is 12.1 Å². The Morgan fingerprint density at radius 1 is 1.33 bits per heavy atom. The van der Waals surface area contributed by atoms with E-state index in [9.17, 15) is 9.90 Å². The maximum Gasteiger partial charge on any atom is 0.182 e. The zero-order valence-corrected chi connectivity index (χ0v) is 9.32. The van der Waals surface area contributed by atoms with Crippen LogP contribution in [0.3, 0.4) is 0 Å². The highest BCUT2D eigenvalue weighted by Gasteiger charge is 2.20. The number of rotatable bonds is 3. The van der Waals surface area contributed by atoms with Gasteiger partial charge in [-0.15, -0.1) is 0 Å². The summed E-state index contributed by atoms with van der Waals surface area (Å²) < 4.78 is 1.82. The van der Waals surface area contributed by atoms with E-state index >= 15 is 0 Å². The van der Waals surface area contributed by atoms with Crippen LogP contribution in [-0.2, 0) is 6.54 Å². The van der Waals surface area contributed by atoms with Gasteiger partial charge in [0.15, 0.2) is 5.43 Å². The highest BCUT2D eigenvalue weighted by molar-refractivity contribution is 5.12. The fraction of sp³-hybridized carbons (Fsp3) is 0.545. The minimum Gasteiger partial charge on any atom is -0.393 e. The van der Waals surface area contributed by atoms with Crippen molar-refractivity contribution in [2.75, 3.05) is 6.61 Å². The molecule has 1 unspecified atom stereocenters. The molecule has 0 aliphatic rings. The molecule has 1 rings (SSSR count). The second-order valence-corrected chi connectivity index (χ2v) is 4.22. The van der Waals surface area contributed by atoms with Gasteiger partial charge in [0.1, 0.15) is 5.60 Å². The summed E-state index contributed by atoms with van der Waals surface area (Å²) in [4.78, 5) is 11.2. The van der Waals surface area contributed by atoms with Crippen LogP contribution in [0.1, 0.15) is 18.3 Å². The van der Waals surface area contributed by atoms with Crippen LogP contribution in [-0.4, -0.2) is 27.0 Å². The monoisotopic (exact) mass is 211 g/mol. The molecule has 0 saturated heterocycles. The normalized spacial score (nSPS) is 15.0. The highest BCUT2D eigenvalue weighted by atomic mass is 16.3. The van der Waals surface area contributed by atoms with Crippen LogP contribution in [0.25, 0.3) is 0 Å². The molecular weight excluding hydrogens is 194 g/mol. The van der Waals surface area contributed by atoms with Gasteiger partial charge in [-0.3, -0.25) is 4.79 Å². The summed E-state index contributed by atoms with van der Waals surface area (Å²) in [5.41, 5.74) is 0.372. The van der Waals surface area contributed by atoms with Crippen LogP contribution in [0.15, 0.2) is 16.9 Å².